The second-order valence-corrected chi connectivity index (χ2v) is 5.26. The molecule has 0 saturated carbocycles. The molecule has 1 aliphatic rings. The van der Waals surface area contributed by atoms with Gasteiger partial charge in [-0.15, -0.1) is 0 Å². The summed E-state index contributed by atoms with van der Waals surface area (Å²) >= 11 is 0. The van der Waals surface area contributed by atoms with E-state index >= 15 is 0 Å². The molecule has 1 aliphatic carbocycles. The summed E-state index contributed by atoms with van der Waals surface area (Å²) in [6.45, 7) is 3.46. The van der Waals surface area contributed by atoms with Gasteiger partial charge in [-0.25, -0.2) is 0 Å². The second-order valence-electron chi connectivity index (χ2n) is 5.26. The van der Waals surface area contributed by atoms with E-state index in [0.29, 0.717) is 18.0 Å². The Kier molecular flexibility index (Phi) is 3.86. The minimum absolute atomic E-state index is 0.0663. The van der Waals surface area contributed by atoms with Crippen LogP contribution < -0.4 is 10.6 Å². The molecule has 2 N–H and O–H groups in total. The van der Waals surface area contributed by atoms with E-state index in [-0.39, 0.29) is 5.91 Å². The van der Waals surface area contributed by atoms with Crippen LogP contribution in [0.2, 0.25) is 0 Å². The smallest absolute Gasteiger partial charge is 0.254 e. The first-order valence-electron chi connectivity index (χ1n) is 7.33. The minimum atomic E-state index is -0.0663. The van der Waals surface area contributed by atoms with Crippen LogP contribution >= 0.6 is 0 Å². The summed E-state index contributed by atoms with van der Waals surface area (Å²) in [6.07, 6.45) is 4.35. The van der Waals surface area contributed by atoms with E-state index in [4.69, 9.17) is 0 Å². The second kappa shape index (κ2) is 5.95. The molecule has 108 valence electrons. The van der Waals surface area contributed by atoms with E-state index in [1.807, 2.05) is 13.0 Å². The number of hydrogen-bond acceptors (Lipinski definition) is 3. The normalized spacial score (nSPS) is 15.8. The first-order chi connectivity index (χ1) is 10.3. The quantitative estimate of drug-likeness (QED) is 0.885. The zero-order valence-electron chi connectivity index (χ0n) is 12.1. The number of anilines is 1. The molecule has 0 radical (unpaired) electrons. The molecule has 3 rings (SSSR count). The average Bonchev–Trinajstić information content (AvgIpc) is 2.49. The van der Waals surface area contributed by atoms with Gasteiger partial charge in [-0.1, -0.05) is 24.3 Å². The molecule has 1 aromatic heterocycles. The van der Waals surface area contributed by atoms with Gasteiger partial charge in [0, 0.05) is 31.4 Å². The molecule has 0 bridgehead atoms. The number of amides is 1. The minimum Gasteiger partial charge on any atom is -0.385 e. The molecule has 1 amide bonds. The lowest BCUT2D eigenvalue weighted by Gasteiger charge is -2.30. The molecule has 0 aliphatic heterocycles. The van der Waals surface area contributed by atoms with Gasteiger partial charge in [0.25, 0.3) is 5.91 Å². The van der Waals surface area contributed by atoms with Crippen molar-refractivity contribution < 1.29 is 4.79 Å². The van der Waals surface area contributed by atoms with Crippen molar-refractivity contribution in [3.05, 3.63) is 59.4 Å². The van der Waals surface area contributed by atoms with Crippen LogP contribution in [0.1, 0.15) is 34.3 Å². The van der Waals surface area contributed by atoms with E-state index in [1.54, 1.807) is 12.4 Å². The number of carbonyl (C=O) groups is 1. The molecular formula is C17H19N3O. The first kappa shape index (κ1) is 13.6. The zero-order chi connectivity index (χ0) is 14.7. The summed E-state index contributed by atoms with van der Waals surface area (Å²) in [6, 6.07) is 10.2. The molecule has 1 atom stereocenters. The van der Waals surface area contributed by atoms with Gasteiger partial charge in [0.2, 0.25) is 0 Å². The van der Waals surface area contributed by atoms with E-state index in [9.17, 15) is 4.79 Å². The van der Waals surface area contributed by atoms with Crippen LogP contribution in [0.5, 0.6) is 0 Å². The third kappa shape index (κ3) is 2.75. The van der Waals surface area contributed by atoms with Gasteiger partial charge in [0.15, 0.2) is 0 Å². The van der Waals surface area contributed by atoms with Gasteiger partial charge >= 0.3 is 0 Å². The fraction of sp³-hybridized carbons (Fsp3) is 0.294. The topological polar surface area (TPSA) is 54.0 Å². The summed E-state index contributed by atoms with van der Waals surface area (Å²) in [7, 11) is 0. The van der Waals surface area contributed by atoms with Gasteiger partial charge in [-0.2, -0.15) is 0 Å². The molecule has 2 aromatic rings. The highest BCUT2D eigenvalue weighted by Crippen LogP contribution is 2.34. The summed E-state index contributed by atoms with van der Waals surface area (Å²) in [5.74, 6) is 0.368. The number of aromatic nitrogens is 1. The number of carbonyl (C=O) groups excluding carboxylic acids is 1. The summed E-state index contributed by atoms with van der Waals surface area (Å²) < 4.78 is 0. The Morgan fingerprint density at radius 1 is 1.33 bits per heavy atom. The van der Waals surface area contributed by atoms with Gasteiger partial charge in [0.05, 0.1) is 11.3 Å². The standard InChI is InChI=1S/C17H19N3O/c1-2-19-16-7-8-18-11-15(16)17(21)20-10-13-9-12-5-3-4-6-14(12)13/h3-8,11,13H,2,9-10H2,1H3,(H,18,19)(H,20,21). The van der Waals surface area contributed by atoms with Crippen LogP contribution in [0.15, 0.2) is 42.7 Å². The third-order valence-electron chi connectivity index (χ3n) is 3.90. The molecule has 21 heavy (non-hydrogen) atoms. The van der Waals surface area contributed by atoms with Crippen LogP contribution in [0.4, 0.5) is 5.69 Å². The SMILES string of the molecule is CCNc1ccncc1C(=O)NCC1Cc2ccccc21. The number of nitrogens with one attached hydrogen (secondary N) is 2. The van der Waals surface area contributed by atoms with Crippen LogP contribution in [0, 0.1) is 0 Å². The lowest BCUT2D eigenvalue weighted by molar-refractivity contribution is 0.0950. The fourth-order valence-electron chi connectivity index (χ4n) is 2.78. The number of fused-ring (bicyclic) bond motifs is 1. The molecule has 4 heteroatoms. The van der Waals surface area contributed by atoms with Crippen molar-refractivity contribution in [3.63, 3.8) is 0 Å². The van der Waals surface area contributed by atoms with Crippen LogP contribution in [0.25, 0.3) is 0 Å². The number of rotatable bonds is 5. The maximum Gasteiger partial charge on any atom is 0.254 e. The number of nitrogens with zero attached hydrogens (tertiary/aromatic N) is 1. The fourth-order valence-corrected chi connectivity index (χ4v) is 2.78. The lowest BCUT2D eigenvalue weighted by atomic mass is 9.77. The Bertz CT molecular complexity index is 654. The van der Waals surface area contributed by atoms with Crippen molar-refractivity contribution in [2.24, 2.45) is 0 Å². The molecule has 0 fully saturated rings. The largest absolute Gasteiger partial charge is 0.385 e. The van der Waals surface area contributed by atoms with Gasteiger partial charge in [-0.3, -0.25) is 9.78 Å². The number of benzene rings is 1. The predicted molar refractivity (Wildman–Crippen MR) is 83.6 cm³/mol. The first-order valence-corrected chi connectivity index (χ1v) is 7.33. The van der Waals surface area contributed by atoms with Crippen molar-refractivity contribution in [1.82, 2.24) is 10.3 Å². The molecule has 1 unspecified atom stereocenters. The van der Waals surface area contributed by atoms with Crippen molar-refractivity contribution in [3.8, 4) is 0 Å². The molecule has 0 saturated heterocycles. The highest BCUT2D eigenvalue weighted by atomic mass is 16.1. The zero-order valence-corrected chi connectivity index (χ0v) is 12.1. The van der Waals surface area contributed by atoms with E-state index in [2.05, 4.69) is 39.9 Å². The predicted octanol–water partition coefficient (Wildman–Crippen LogP) is 2.58. The molecule has 1 heterocycles. The Morgan fingerprint density at radius 2 is 2.19 bits per heavy atom. The van der Waals surface area contributed by atoms with E-state index in [1.165, 1.54) is 11.1 Å². The maximum atomic E-state index is 12.3. The third-order valence-corrected chi connectivity index (χ3v) is 3.90. The van der Waals surface area contributed by atoms with Gasteiger partial charge < -0.3 is 10.6 Å². The Labute approximate surface area is 124 Å². The van der Waals surface area contributed by atoms with Crippen LogP contribution in [-0.2, 0) is 6.42 Å². The maximum absolute atomic E-state index is 12.3. The van der Waals surface area contributed by atoms with E-state index < -0.39 is 0 Å². The summed E-state index contributed by atoms with van der Waals surface area (Å²) in [4.78, 5) is 16.4. The molecule has 0 spiro atoms. The van der Waals surface area contributed by atoms with Gasteiger partial charge in [0.1, 0.15) is 0 Å². The lowest BCUT2D eigenvalue weighted by Crippen LogP contribution is -2.33. The molecular weight excluding hydrogens is 262 g/mol. The highest BCUT2D eigenvalue weighted by molar-refractivity contribution is 5.99. The molecule has 1 aromatic carbocycles. The number of hydrogen-bond donors (Lipinski definition) is 2. The Hall–Kier alpha value is -2.36. The Morgan fingerprint density at radius 3 is 3.00 bits per heavy atom. The van der Waals surface area contributed by atoms with E-state index in [0.717, 1.165) is 18.7 Å². The van der Waals surface area contributed by atoms with Gasteiger partial charge in [-0.05, 0) is 30.5 Å². The van der Waals surface area contributed by atoms with Crippen LogP contribution in [-0.4, -0.2) is 24.0 Å². The van der Waals surface area contributed by atoms with Crippen molar-refractivity contribution in [1.29, 1.82) is 0 Å². The van der Waals surface area contributed by atoms with Crippen molar-refractivity contribution in [2.45, 2.75) is 19.3 Å². The van der Waals surface area contributed by atoms with Crippen molar-refractivity contribution >= 4 is 11.6 Å². The van der Waals surface area contributed by atoms with Crippen molar-refractivity contribution in [2.75, 3.05) is 18.4 Å². The average molecular weight is 281 g/mol. The highest BCUT2D eigenvalue weighted by Gasteiger charge is 2.25. The monoisotopic (exact) mass is 281 g/mol. The summed E-state index contributed by atoms with van der Waals surface area (Å²) in [5.41, 5.74) is 4.19. The van der Waals surface area contributed by atoms with Crippen LogP contribution in [0.3, 0.4) is 0 Å². The number of pyridine rings is 1. The molecule has 4 nitrogen and oxygen atoms in total. The summed E-state index contributed by atoms with van der Waals surface area (Å²) in [5, 5.41) is 6.21. The Balaban J connectivity index is 1.63.